The number of nitrogens with zero attached hydrogens (tertiary/aromatic N) is 2. The number of aromatic hydroxyl groups is 1. The Kier molecular flexibility index (Phi) is 5.84. The number of carbonyl (C=O) groups excluding carboxylic acids is 1. The quantitative estimate of drug-likeness (QED) is 0.403. The summed E-state index contributed by atoms with van der Waals surface area (Å²) in [5, 5.41) is 23.5. The summed E-state index contributed by atoms with van der Waals surface area (Å²) in [5.41, 5.74) is 2.80. The zero-order valence-corrected chi connectivity index (χ0v) is 16.6. The molecule has 0 aliphatic heterocycles. The van der Waals surface area contributed by atoms with E-state index in [1.54, 1.807) is 48.8 Å². The van der Waals surface area contributed by atoms with Crippen molar-refractivity contribution in [1.82, 2.24) is 15.5 Å². The third-order valence-corrected chi connectivity index (χ3v) is 4.87. The van der Waals surface area contributed by atoms with Gasteiger partial charge in [-0.1, -0.05) is 53.7 Å². The van der Waals surface area contributed by atoms with Gasteiger partial charge in [-0.2, -0.15) is 0 Å². The van der Waals surface area contributed by atoms with E-state index in [0.29, 0.717) is 17.0 Å². The van der Waals surface area contributed by atoms with Crippen LogP contribution in [0.5, 0.6) is 5.75 Å². The monoisotopic (exact) mass is 413 g/mol. The zero-order valence-electron chi connectivity index (χ0n) is 16.6. The third-order valence-electron chi connectivity index (χ3n) is 4.87. The van der Waals surface area contributed by atoms with Crippen LogP contribution < -0.4 is 10.7 Å². The summed E-state index contributed by atoms with van der Waals surface area (Å²) in [6, 6.07) is 20.9. The first-order valence-electron chi connectivity index (χ1n) is 9.74. The van der Waals surface area contributed by atoms with Crippen LogP contribution in [0.1, 0.15) is 34.1 Å². The van der Waals surface area contributed by atoms with Gasteiger partial charge in [-0.05, 0) is 18.2 Å². The number of nitrogens with one attached hydrogen (secondary N) is 1. The lowest BCUT2D eigenvalue weighted by molar-refractivity contribution is -0.115. The maximum Gasteiger partial charge on any atom is 0.273 e. The summed E-state index contributed by atoms with van der Waals surface area (Å²) in [4.78, 5) is 17.0. The number of hydrogen-bond donors (Lipinski definition) is 3. The Hall–Kier alpha value is -4.26. The van der Waals surface area contributed by atoms with E-state index in [0.717, 1.165) is 11.1 Å². The van der Waals surface area contributed by atoms with Gasteiger partial charge in [0.2, 0.25) is 0 Å². The number of para-hydroxylation sites is 1. The highest BCUT2D eigenvalue weighted by Gasteiger charge is 2.24. The van der Waals surface area contributed by atoms with E-state index in [1.165, 1.54) is 0 Å². The van der Waals surface area contributed by atoms with Crippen molar-refractivity contribution in [2.45, 2.75) is 12.5 Å². The molecule has 154 valence electrons. The van der Waals surface area contributed by atoms with Gasteiger partial charge in [-0.15, -0.1) is 0 Å². The lowest BCUT2D eigenvalue weighted by Gasteiger charge is -2.18. The molecule has 0 saturated heterocycles. The first kappa shape index (κ1) is 20.0. The molecule has 7 nitrogen and oxygen atoms in total. The summed E-state index contributed by atoms with van der Waals surface area (Å²) >= 11 is 0. The summed E-state index contributed by atoms with van der Waals surface area (Å²) in [5.74, 6) is 0.126. The molecular formula is C24H21N4O3+. The van der Waals surface area contributed by atoms with Gasteiger partial charge in [0, 0.05) is 29.6 Å². The summed E-state index contributed by atoms with van der Waals surface area (Å²) in [6.45, 7) is 0. The van der Waals surface area contributed by atoms with Crippen LogP contribution in [0.15, 0.2) is 89.7 Å². The van der Waals surface area contributed by atoms with Gasteiger partial charge in [0.1, 0.15) is 5.75 Å². The largest absolute Gasteiger partial charge is 0.508 e. The number of aromatic nitrogens is 2. The van der Waals surface area contributed by atoms with Gasteiger partial charge in [0.15, 0.2) is 17.2 Å². The van der Waals surface area contributed by atoms with E-state index in [1.807, 2.05) is 36.4 Å². The van der Waals surface area contributed by atoms with Crippen molar-refractivity contribution in [1.29, 1.82) is 0 Å². The number of amides is 1. The number of pyridine rings is 1. The van der Waals surface area contributed by atoms with Gasteiger partial charge in [0.05, 0.1) is 18.0 Å². The van der Waals surface area contributed by atoms with E-state index in [4.69, 9.17) is 9.93 Å². The van der Waals surface area contributed by atoms with Crippen molar-refractivity contribution >= 4 is 11.6 Å². The van der Waals surface area contributed by atoms with Crippen LogP contribution >= 0.6 is 0 Å². The van der Waals surface area contributed by atoms with Crippen LogP contribution in [-0.4, -0.2) is 26.9 Å². The minimum absolute atomic E-state index is 0.0666. The van der Waals surface area contributed by atoms with Gasteiger partial charge >= 0.3 is 0 Å². The van der Waals surface area contributed by atoms with E-state index in [9.17, 15) is 9.90 Å². The van der Waals surface area contributed by atoms with Crippen molar-refractivity contribution in [3.05, 3.63) is 102 Å². The zero-order chi connectivity index (χ0) is 21.6. The number of benzene rings is 2. The summed E-state index contributed by atoms with van der Waals surface area (Å²) in [7, 11) is 0. The number of nitrogens with two attached hydrogens (primary N) is 1. The lowest BCUT2D eigenvalue weighted by Crippen LogP contribution is -2.43. The SMILES string of the molecule is [NH2+]=C(CC(NC(=O)c1cc(-c2ccccc2)on1)c1ccccc1O)c1cccnc1. The smallest absolute Gasteiger partial charge is 0.273 e. The lowest BCUT2D eigenvalue weighted by atomic mass is 9.97. The molecule has 0 saturated carbocycles. The average molecular weight is 413 g/mol. The Morgan fingerprint density at radius 2 is 1.84 bits per heavy atom. The summed E-state index contributed by atoms with van der Waals surface area (Å²) in [6.07, 6.45) is 3.59. The molecule has 31 heavy (non-hydrogen) atoms. The van der Waals surface area contributed by atoms with Gasteiger partial charge in [0.25, 0.3) is 5.91 Å². The highest BCUT2D eigenvalue weighted by atomic mass is 16.5. The van der Waals surface area contributed by atoms with E-state index >= 15 is 0 Å². The van der Waals surface area contributed by atoms with Gasteiger partial charge in [-0.25, -0.2) is 0 Å². The Labute approximate surface area is 178 Å². The van der Waals surface area contributed by atoms with E-state index < -0.39 is 11.9 Å². The Balaban J connectivity index is 1.57. The maximum atomic E-state index is 12.9. The van der Waals surface area contributed by atoms with Crippen LogP contribution in [0.25, 0.3) is 11.3 Å². The van der Waals surface area contributed by atoms with Gasteiger partial charge in [-0.3, -0.25) is 15.2 Å². The second-order valence-electron chi connectivity index (χ2n) is 7.00. The van der Waals surface area contributed by atoms with Crippen LogP contribution in [0, 0.1) is 0 Å². The van der Waals surface area contributed by atoms with Crippen molar-refractivity contribution < 1.29 is 19.8 Å². The second-order valence-corrected chi connectivity index (χ2v) is 7.00. The average Bonchev–Trinajstić information content (AvgIpc) is 3.31. The second kappa shape index (κ2) is 9.04. The Bertz CT molecular complexity index is 1190. The van der Waals surface area contributed by atoms with Crippen LogP contribution in [0.2, 0.25) is 0 Å². The first-order chi connectivity index (χ1) is 15.1. The third kappa shape index (κ3) is 4.67. The fourth-order valence-electron chi connectivity index (χ4n) is 3.26. The molecule has 1 unspecified atom stereocenters. The van der Waals surface area contributed by atoms with E-state index in [-0.39, 0.29) is 17.9 Å². The van der Waals surface area contributed by atoms with Crippen molar-refractivity contribution in [2.75, 3.05) is 0 Å². The molecule has 0 bridgehead atoms. The normalized spacial score (nSPS) is 11.6. The minimum atomic E-state index is -0.578. The van der Waals surface area contributed by atoms with E-state index in [2.05, 4.69) is 15.5 Å². The molecule has 1 amide bonds. The van der Waals surface area contributed by atoms with Crippen molar-refractivity contribution in [3.63, 3.8) is 0 Å². The molecule has 2 aromatic heterocycles. The number of phenolic OH excluding ortho intramolecular Hbond substituents is 1. The predicted molar refractivity (Wildman–Crippen MR) is 115 cm³/mol. The molecule has 0 fully saturated rings. The maximum absolute atomic E-state index is 12.9. The topological polar surface area (TPSA) is 114 Å². The molecule has 0 spiro atoms. The highest BCUT2D eigenvalue weighted by molar-refractivity contribution is 5.97. The van der Waals surface area contributed by atoms with Crippen LogP contribution in [-0.2, 0) is 0 Å². The molecule has 0 radical (unpaired) electrons. The molecule has 2 heterocycles. The number of phenols is 1. The number of carbonyl (C=O) groups is 1. The Morgan fingerprint density at radius 3 is 2.58 bits per heavy atom. The molecule has 2 aromatic carbocycles. The molecule has 4 rings (SSSR count). The highest BCUT2D eigenvalue weighted by Crippen LogP contribution is 2.27. The molecule has 1 atom stereocenters. The summed E-state index contributed by atoms with van der Waals surface area (Å²) < 4.78 is 5.33. The molecule has 0 aliphatic rings. The van der Waals surface area contributed by atoms with Gasteiger partial charge < -0.3 is 14.9 Å². The fraction of sp³-hybridized carbons (Fsp3) is 0.0833. The molecule has 4 N–H and O–H groups in total. The molecular weight excluding hydrogens is 392 g/mol. The minimum Gasteiger partial charge on any atom is -0.508 e. The van der Waals surface area contributed by atoms with Crippen molar-refractivity contribution in [2.24, 2.45) is 0 Å². The molecule has 7 heteroatoms. The Morgan fingerprint density at radius 1 is 1.06 bits per heavy atom. The molecule has 0 aliphatic carbocycles. The number of hydrogen-bond acceptors (Lipinski definition) is 5. The predicted octanol–water partition coefficient (Wildman–Crippen LogP) is 2.55. The van der Waals surface area contributed by atoms with Crippen molar-refractivity contribution in [3.8, 4) is 17.1 Å². The first-order valence-corrected chi connectivity index (χ1v) is 9.74. The van der Waals surface area contributed by atoms with Crippen LogP contribution in [0.4, 0.5) is 0 Å². The van der Waals surface area contributed by atoms with Crippen LogP contribution in [0.3, 0.4) is 0 Å². The fourth-order valence-corrected chi connectivity index (χ4v) is 3.26. The standard InChI is InChI=1S/C24H20N4O3/c25-19(17-9-6-12-26-15-17)13-20(18-10-4-5-11-22(18)29)27-24(30)21-14-23(31-28-21)16-7-2-1-3-8-16/h1-12,14-15,20,25,29H,13H2,(H,27,30)/p+1. The molecule has 4 aromatic rings. The number of rotatable bonds is 7.